The van der Waals surface area contributed by atoms with Crippen molar-refractivity contribution in [1.82, 2.24) is 14.5 Å². The summed E-state index contributed by atoms with van der Waals surface area (Å²) in [5.41, 5.74) is 16.4. The second kappa shape index (κ2) is 9.87. The highest BCUT2D eigenvalue weighted by Crippen LogP contribution is 2.55. The van der Waals surface area contributed by atoms with Gasteiger partial charge in [0.2, 0.25) is 0 Å². The van der Waals surface area contributed by atoms with Crippen molar-refractivity contribution in [2.45, 2.75) is 38.5 Å². The van der Waals surface area contributed by atoms with E-state index in [1.54, 1.807) is 0 Å². The van der Waals surface area contributed by atoms with E-state index in [0.717, 1.165) is 34.0 Å². The molecule has 0 N–H and O–H groups in total. The fourth-order valence-corrected chi connectivity index (χ4v) is 8.99. The molecule has 0 saturated heterocycles. The predicted molar refractivity (Wildman–Crippen MR) is 202 cm³/mol. The van der Waals surface area contributed by atoms with E-state index in [1.807, 2.05) is 6.07 Å². The highest BCUT2D eigenvalue weighted by Gasteiger charge is 2.41. The number of fused-ring (bicyclic) bond motifs is 10. The van der Waals surface area contributed by atoms with Crippen LogP contribution in [0.4, 0.5) is 0 Å². The molecule has 2 aliphatic carbocycles. The lowest BCUT2D eigenvalue weighted by atomic mass is 9.80. The smallest absolute Gasteiger partial charge is 0.160 e. The highest BCUT2D eigenvalue weighted by atomic mass is 15.0. The van der Waals surface area contributed by atoms with Gasteiger partial charge in [-0.1, -0.05) is 149 Å². The summed E-state index contributed by atoms with van der Waals surface area (Å²) in [7, 11) is 0. The Balaban J connectivity index is 1.31. The number of hydrogen-bond donors (Lipinski definition) is 0. The third-order valence-corrected chi connectivity index (χ3v) is 11.2. The van der Waals surface area contributed by atoms with Crippen LogP contribution < -0.4 is 0 Å². The minimum absolute atomic E-state index is 0.131. The molecule has 0 aliphatic heterocycles. The monoisotopic (exact) mass is 629 g/mol. The van der Waals surface area contributed by atoms with Gasteiger partial charge >= 0.3 is 0 Å². The number of benzene rings is 6. The predicted octanol–water partition coefficient (Wildman–Crippen LogP) is 11.5. The lowest BCUT2D eigenvalue weighted by Crippen LogP contribution is -2.18. The van der Waals surface area contributed by atoms with Gasteiger partial charge in [0, 0.05) is 43.9 Å². The lowest BCUT2D eigenvalue weighted by Gasteiger charge is -2.25. The molecule has 0 spiro atoms. The van der Waals surface area contributed by atoms with Crippen molar-refractivity contribution >= 4 is 21.8 Å². The maximum atomic E-state index is 5.48. The quantitative estimate of drug-likeness (QED) is 0.195. The zero-order valence-electron chi connectivity index (χ0n) is 28.1. The van der Waals surface area contributed by atoms with Gasteiger partial charge in [-0.3, -0.25) is 0 Å². The van der Waals surface area contributed by atoms with Crippen LogP contribution in [0.3, 0.4) is 0 Å². The van der Waals surface area contributed by atoms with E-state index in [0.29, 0.717) is 0 Å². The van der Waals surface area contributed by atoms with E-state index in [9.17, 15) is 0 Å². The van der Waals surface area contributed by atoms with Crippen LogP contribution in [0.25, 0.3) is 72.5 Å². The molecule has 3 heteroatoms. The first-order valence-corrected chi connectivity index (χ1v) is 17.2. The van der Waals surface area contributed by atoms with Crippen molar-refractivity contribution in [3.05, 3.63) is 162 Å². The SMILES string of the molecule is CC1(C)c2ccccc2-c2nc(-c3ccccc3)nc(-c3ccccc3-n3c4ccccc4c4c5c(ccc43)-c3ccccc3C5(C)C)c21. The number of para-hydroxylation sites is 2. The Morgan fingerprint density at radius 2 is 1.02 bits per heavy atom. The van der Waals surface area contributed by atoms with E-state index in [1.165, 1.54) is 60.8 Å². The molecule has 0 bridgehead atoms. The van der Waals surface area contributed by atoms with Gasteiger partial charge in [-0.15, -0.1) is 0 Å². The second-order valence-electron chi connectivity index (χ2n) is 14.6. The summed E-state index contributed by atoms with van der Waals surface area (Å²) in [5.74, 6) is 0.746. The van der Waals surface area contributed by atoms with E-state index in [2.05, 4.69) is 166 Å². The molecule has 3 nitrogen and oxygen atoms in total. The van der Waals surface area contributed by atoms with Crippen LogP contribution in [0.15, 0.2) is 140 Å². The lowest BCUT2D eigenvalue weighted by molar-refractivity contribution is 0.657. The van der Waals surface area contributed by atoms with Crippen molar-refractivity contribution in [2.24, 2.45) is 0 Å². The van der Waals surface area contributed by atoms with Crippen molar-refractivity contribution < 1.29 is 0 Å². The van der Waals surface area contributed by atoms with Crippen molar-refractivity contribution in [3.63, 3.8) is 0 Å². The summed E-state index contributed by atoms with van der Waals surface area (Å²) in [6.07, 6.45) is 0. The van der Waals surface area contributed by atoms with Crippen LogP contribution >= 0.6 is 0 Å². The van der Waals surface area contributed by atoms with Crippen LogP contribution in [0.2, 0.25) is 0 Å². The first-order valence-electron chi connectivity index (χ1n) is 17.2. The number of aromatic nitrogens is 3. The molecule has 49 heavy (non-hydrogen) atoms. The van der Waals surface area contributed by atoms with Crippen molar-refractivity contribution in [3.8, 4) is 50.7 Å². The molecule has 0 amide bonds. The third-order valence-electron chi connectivity index (χ3n) is 11.2. The molecule has 10 rings (SSSR count). The summed E-state index contributed by atoms with van der Waals surface area (Å²) in [6, 6.07) is 50.5. The summed E-state index contributed by atoms with van der Waals surface area (Å²) in [6.45, 7) is 9.40. The molecule has 6 aromatic carbocycles. The van der Waals surface area contributed by atoms with Crippen LogP contribution in [0.1, 0.15) is 49.9 Å². The zero-order valence-corrected chi connectivity index (χ0v) is 28.1. The fourth-order valence-electron chi connectivity index (χ4n) is 8.99. The maximum Gasteiger partial charge on any atom is 0.160 e. The number of hydrogen-bond acceptors (Lipinski definition) is 2. The Kier molecular flexibility index (Phi) is 5.69. The molecule has 0 atom stereocenters. The fraction of sp³-hybridized carbons (Fsp3) is 0.130. The minimum atomic E-state index is -0.277. The highest BCUT2D eigenvalue weighted by molar-refractivity contribution is 6.14. The number of rotatable bonds is 3. The van der Waals surface area contributed by atoms with Crippen LogP contribution in [0, 0.1) is 0 Å². The first-order chi connectivity index (χ1) is 23.9. The van der Waals surface area contributed by atoms with E-state index in [4.69, 9.17) is 9.97 Å². The normalized spacial score (nSPS) is 14.9. The molecule has 0 unspecified atom stereocenters. The Hall–Kier alpha value is -5.80. The third kappa shape index (κ3) is 3.73. The molecule has 0 fully saturated rings. The average molecular weight is 630 g/mol. The van der Waals surface area contributed by atoms with Gasteiger partial charge in [-0.2, -0.15) is 0 Å². The van der Waals surface area contributed by atoms with Gasteiger partial charge in [0.1, 0.15) is 0 Å². The van der Waals surface area contributed by atoms with E-state index in [-0.39, 0.29) is 10.8 Å². The van der Waals surface area contributed by atoms with Crippen LogP contribution in [-0.4, -0.2) is 14.5 Å². The van der Waals surface area contributed by atoms with Crippen LogP contribution in [-0.2, 0) is 10.8 Å². The summed E-state index contributed by atoms with van der Waals surface area (Å²) in [4.78, 5) is 10.8. The minimum Gasteiger partial charge on any atom is -0.309 e. The van der Waals surface area contributed by atoms with Crippen molar-refractivity contribution in [2.75, 3.05) is 0 Å². The Bertz CT molecular complexity index is 2660. The van der Waals surface area contributed by atoms with E-state index < -0.39 is 0 Å². The van der Waals surface area contributed by atoms with Gasteiger partial charge in [-0.25, -0.2) is 9.97 Å². The average Bonchev–Trinajstić information content (AvgIpc) is 3.69. The van der Waals surface area contributed by atoms with Gasteiger partial charge in [0.25, 0.3) is 0 Å². The van der Waals surface area contributed by atoms with E-state index >= 15 is 0 Å². The van der Waals surface area contributed by atoms with Gasteiger partial charge in [0.15, 0.2) is 5.82 Å². The molecule has 2 aliphatic rings. The molecule has 0 saturated carbocycles. The molecular formula is C46H35N3. The zero-order chi connectivity index (χ0) is 33.1. The second-order valence-corrected chi connectivity index (χ2v) is 14.6. The Morgan fingerprint density at radius 3 is 1.80 bits per heavy atom. The maximum absolute atomic E-state index is 5.48. The van der Waals surface area contributed by atoms with Crippen LogP contribution in [0.5, 0.6) is 0 Å². The molecule has 2 aromatic heterocycles. The topological polar surface area (TPSA) is 30.7 Å². The number of nitrogens with zero attached hydrogens (tertiary/aromatic N) is 3. The standard InChI is InChI=1S/C46H35N3/c1-45(2)34-22-12-8-18-29(34)30-26-27-38-39(40(30)45)32-20-10-14-24-36(32)49(38)37-25-15-11-21-33(37)43-41-42(31-19-9-13-23-35(31)46(41,3)4)47-44(48-43)28-16-6-5-7-17-28/h5-27H,1-4H3. The van der Waals surface area contributed by atoms with Crippen molar-refractivity contribution in [1.29, 1.82) is 0 Å². The molecule has 2 heterocycles. The largest absolute Gasteiger partial charge is 0.309 e. The van der Waals surface area contributed by atoms with Gasteiger partial charge in [0.05, 0.1) is 28.1 Å². The Labute approximate surface area is 286 Å². The summed E-state index contributed by atoms with van der Waals surface area (Å²) >= 11 is 0. The summed E-state index contributed by atoms with van der Waals surface area (Å²) in [5, 5.41) is 2.60. The summed E-state index contributed by atoms with van der Waals surface area (Å²) < 4.78 is 2.48. The van der Waals surface area contributed by atoms with Gasteiger partial charge < -0.3 is 4.57 Å². The first kappa shape index (κ1) is 28.2. The molecule has 8 aromatic rings. The Morgan fingerprint density at radius 1 is 0.449 bits per heavy atom. The molecule has 234 valence electrons. The molecular weight excluding hydrogens is 595 g/mol. The van der Waals surface area contributed by atoms with Gasteiger partial charge in [-0.05, 0) is 46.0 Å². The molecule has 0 radical (unpaired) electrons.